The van der Waals surface area contributed by atoms with E-state index in [-0.39, 0.29) is 18.6 Å². The molecule has 1 rings (SSSR count). The highest BCUT2D eigenvalue weighted by molar-refractivity contribution is 5.81. The van der Waals surface area contributed by atoms with Crippen LogP contribution in [0.3, 0.4) is 0 Å². The molecule has 1 heterocycles. The van der Waals surface area contributed by atoms with E-state index in [9.17, 15) is 4.79 Å². The molecule has 17 heavy (non-hydrogen) atoms. The zero-order chi connectivity index (χ0) is 12.7. The van der Waals surface area contributed by atoms with E-state index in [1.165, 1.54) is 0 Å². The Bertz CT molecular complexity index is 224. The standard InChI is InChI=1S/C12H25N3O2/c1-3-6-15(9-10-16)12(17)11(2)14-7-4-13-5-8-14/h11,13,16H,3-10H2,1-2H3. The molecule has 5 heteroatoms. The van der Waals surface area contributed by atoms with Gasteiger partial charge in [-0.05, 0) is 13.3 Å². The van der Waals surface area contributed by atoms with Gasteiger partial charge in [-0.2, -0.15) is 0 Å². The molecule has 5 nitrogen and oxygen atoms in total. The second kappa shape index (κ2) is 7.63. The van der Waals surface area contributed by atoms with Gasteiger partial charge in [-0.15, -0.1) is 0 Å². The first-order chi connectivity index (χ1) is 8.20. The zero-order valence-electron chi connectivity index (χ0n) is 11.0. The average Bonchev–Trinajstić information content (AvgIpc) is 2.38. The van der Waals surface area contributed by atoms with Crippen molar-refractivity contribution >= 4 is 5.91 Å². The van der Waals surface area contributed by atoms with E-state index in [2.05, 4.69) is 10.2 Å². The third-order valence-corrected chi connectivity index (χ3v) is 3.23. The van der Waals surface area contributed by atoms with Crippen molar-refractivity contribution in [2.45, 2.75) is 26.3 Å². The van der Waals surface area contributed by atoms with Crippen molar-refractivity contribution in [3.8, 4) is 0 Å². The van der Waals surface area contributed by atoms with Gasteiger partial charge in [0.05, 0.1) is 12.6 Å². The van der Waals surface area contributed by atoms with Gasteiger partial charge in [0.2, 0.25) is 5.91 Å². The summed E-state index contributed by atoms with van der Waals surface area (Å²) in [5.74, 6) is 0.141. The SMILES string of the molecule is CCCN(CCO)C(=O)C(C)N1CCNCC1. The molecule has 1 fully saturated rings. The third kappa shape index (κ3) is 4.26. The lowest BCUT2D eigenvalue weighted by molar-refractivity contribution is -0.137. The Labute approximate surface area is 104 Å². The summed E-state index contributed by atoms with van der Waals surface area (Å²) in [6.07, 6.45) is 0.931. The number of amides is 1. The highest BCUT2D eigenvalue weighted by Crippen LogP contribution is 2.06. The summed E-state index contributed by atoms with van der Waals surface area (Å²) in [6, 6.07) is -0.0739. The highest BCUT2D eigenvalue weighted by Gasteiger charge is 2.26. The Kier molecular flexibility index (Phi) is 6.47. The van der Waals surface area contributed by atoms with Crippen molar-refractivity contribution in [2.75, 3.05) is 45.9 Å². The Morgan fingerprint density at radius 3 is 2.59 bits per heavy atom. The van der Waals surface area contributed by atoms with Gasteiger partial charge in [0.25, 0.3) is 0 Å². The zero-order valence-corrected chi connectivity index (χ0v) is 11.0. The fourth-order valence-corrected chi connectivity index (χ4v) is 2.21. The first-order valence-electron chi connectivity index (χ1n) is 6.55. The lowest BCUT2D eigenvalue weighted by atomic mass is 10.2. The van der Waals surface area contributed by atoms with Crippen molar-refractivity contribution in [3.63, 3.8) is 0 Å². The maximum atomic E-state index is 12.3. The lowest BCUT2D eigenvalue weighted by Crippen LogP contribution is -2.54. The number of rotatable bonds is 6. The van der Waals surface area contributed by atoms with Gasteiger partial charge in [-0.1, -0.05) is 6.92 Å². The van der Waals surface area contributed by atoms with E-state index in [0.717, 1.165) is 39.1 Å². The monoisotopic (exact) mass is 243 g/mol. The summed E-state index contributed by atoms with van der Waals surface area (Å²) in [5, 5.41) is 12.3. The number of carbonyl (C=O) groups is 1. The molecule has 2 N–H and O–H groups in total. The minimum Gasteiger partial charge on any atom is -0.395 e. The van der Waals surface area contributed by atoms with E-state index in [1.807, 2.05) is 13.8 Å². The summed E-state index contributed by atoms with van der Waals surface area (Å²) >= 11 is 0. The Morgan fingerprint density at radius 2 is 2.06 bits per heavy atom. The number of nitrogens with zero attached hydrogens (tertiary/aromatic N) is 2. The van der Waals surface area contributed by atoms with Crippen molar-refractivity contribution in [1.29, 1.82) is 0 Å². The molecule has 0 radical (unpaired) electrons. The highest BCUT2D eigenvalue weighted by atomic mass is 16.3. The van der Waals surface area contributed by atoms with Crippen molar-refractivity contribution < 1.29 is 9.90 Å². The summed E-state index contributed by atoms with van der Waals surface area (Å²) in [4.78, 5) is 16.3. The van der Waals surface area contributed by atoms with Crippen LogP contribution < -0.4 is 5.32 Å². The van der Waals surface area contributed by atoms with Gasteiger partial charge >= 0.3 is 0 Å². The average molecular weight is 243 g/mol. The molecule has 1 unspecified atom stereocenters. The smallest absolute Gasteiger partial charge is 0.239 e. The Balaban J connectivity index is 2.51. The van der Waals surface area contributed by atoms with Crippen LogP contribution in [0, 0.1) is 0 Å². The lowest BCUT2D eigenvalue weighted by Gasteiger charge is -2.35. The van der Waals surface area contributed by atoms with E-state index >= 15 is 0 Å². The molecule has 1 saturated heterocycles. The van der Waals surface area contributed by atoms with Crippen LogP contribution in [0.15, 0.2) is 0 Å². The van der Waals surface area contributed by atoms with Crippen molar-refractivity contribution in [2.24, 2.45) is 0 Å². The number of hydrogen-bond donors (Lipinski definition) is 2. The molecular formula is C12H25N3O2. The number of nitrogens with one attached hydrogen (secondary N) is 1. The molecule has 0 aromatic heterocycles. The van der Waals surface area contributed by atoms with Gasteiger partial charge in [0, 0.05) is 39.3 Å². The van der Waals surface area contributed by atoms with Crippen LogP contribution in [0.25, 0.3) is 0 Å². The molecule has 1 aliphatic rings. The van der Waals surface area contributed by atoms with Crippen LogP contribution >= 0.6 is 0 Å². The molecule has 0 aliphatic carbocycles. The number of hydrogen-bond acceptors (Lipinski definition) is 4. The molecular weight excluding hydrogens is 218 g/mol. The molecule has 100 valence electrons. The second-order valence-electron chi connectivity index (χ2n) is 4.51. The van der Waals surface area contributed by atoms with E-state index in [0.29, 0.717) is 6.54 Å². The van der Waals surface area contributed by atoms with Crippen LogP contribution in [0.5, 0.6) is 0 Å². The van der Waals surface area contributed by atoms with E-state index in [4.69, 9.17) is 5.11 Å². The van der Waals surface area contributed by atoms with Crippen LogP contribution in [0.1, 0.15) is 20.3 Å². The first kappa shape index (κ1) is 14.4. The fraction of sp³-hybridized carbons (Fsp3) is 0.917. The predicted molar refractivity (Wildman–Crippen MR) is 67.9 cm³/mol. The van der Waals surface area contributed by atoms with Gasteiger partial charge in [-0.3, -0.25) is 9.69 Å². The maximum Gasteiger partial charge on any atom is 0.239 e. The summed E-state index contributed by atoms with van der Waals surface area (Å²) < 4.78 is 0. The second-order valence-corrected chi connectivity index (χ2v) is 4.51. The van der Waals surface area contributed by atoms with E-state index < -0.39 is 0 Å². The van der Waals surface area contributed by atoms with Crippen LogP contribution in [-0.2, 0) is 4.79 Å². The predicted octanol–water partition coefficient (Wildman–Crippen LogP) is -0.489. The largest absolute Gasteiger partial charge is 0.395 e. The van der Waals surface area contributed by atoms with Crippen molar-refractivity contribution in [1.82, 2.24) is 15.1 Å². The Hall–Kier alpha value is -0.650. The minimum absolute atomic E-state index is 0.0417. The van der Waals surface area contributed by atoms with Crippen LogP contribution in [0.4, 0.5) is 0 Å². The number of aliphatic hydroxyl groups excluding tert-OH is 1. The number of piperazine rings is 1. The molecule has 0 saturated carbocycles. The quantitative estimate of drug-likeness (QED) is 0.661. The summed E-state index contributed by atoms with van der Waals surface area (Å²) in [7, 11) is 0. The van der Waals surface area contributed by atoms with Crippen molar-refractivity contribution in [3.05, 3.63) is 0 Å². The molecule has 1 aliphatic heterocycles. The number of aliphatic hydroxyl groups is 1. The topological polar surface area (TPSA) is 55.8 Å². The Morgan fingerprint density at radius 1 is 1.41 bits per heavy atom. The van der Waals surface area contributed by atoms with E-state index in [1.54, 1.807) is 4.90 Å². The molecule has 1 amide bonds. The summed E-state index contributed by atoms with van der Waals surface area (Å²) in [5.41, 5.74) is 0. The minimum atomic E-state index is -0.0739. The molecule has 1 atom stereocenters. The maximum absolute atomic E-state index is 12.3. The van der Waals surface area contributed by atoms with Gasteiger partial charge < -0.3 is 15.3 Å². The van der Waals surface area contributed by atoms with Gasteiger partial charge in [-0.25, -0.2) is 0 Å². The molecule has 0 aromatic rings. The summed E-state index contributed by atoms with van der Waals surface area (Å²) in [6.45, 7) is 8.98. The van der Waals surface area contributed by atoms with Crippen LogP contribution in [-0.4, -0.2) is 72.7 Å². The van der Waals surface area contributed by atoms with Gasteiger partial charge in [0.1, 0.15) is 0 Å². The third-order valence-electron chi connectivity index (χ3n) is 3.23. The molecule has 0 bridgehead atoms. The van der Waals surface area contributed by atoms with Crippen LogP contribution in [0.2, 0.25) is 0 Å². The fourth-order valence-electron chi connectivity index (χ4n) is 2.21. The van der Waals surface area contributed by atoms with Gasteiger partial charge in [0.15, 0.2) is 0 Å². The molecule has 0 aromatic carbocycles. The number of carbonyl (C=O) groups excluding carboxylic acids is 1. The first-order valence-corrected chi connectivity index (χ1v) is 6.55. The normalized spacial score (nSPS) is 19.0. The molecule has 0 spiro atoms.